The molecule has 19 heavy (non-hydrogen) atoms. The highest BCUT2D eigenvalue weighted by molar-refractivity contribution is 6.32. The number of nitrogens with zero attached hydrogens (tertiary/aromatic N) is 3. The second-order valence-electron chi connectivity index (χ2n) is 3.58. The quantitative estimate of drug-likeness (QED) is 0.336. The first-order chi connectivity index (χ1) is 9.04. The summed E-state index contributed by atoms with van der Waals surface area (Å²) in [5.74, 6) is -0.381. The van der Waals surface area contributed by atoms with Gasteiger partial charge in [-0.15, -0.1) is 0 Å². The van der Waals surface area contributed by atoms with Crippen LogP contribution in [0.3, 0.4) is 0 Å². The van der Waals surface area contributed by atoms with Crippen LogP contribution in [0.5, 0.6) is 0 Å². The molecule has 0 saturated carbocycles. The lowest BCUT2D eigenvalue weighted by atomic mass is 10.2. The van der Waals surface area contributed by atoms with E-state index in [1.54, 1.807) is 7.05 Å². The molecule has 2 rings (SSSR count). The zero-order valence-electron chi connectivity index (χ0n) is 9.79. The number of aromatic nitrogens is 2. The van der Waals surface area contributed by atoms with Crippen molar-refractivity contribution in [2.45, 2.75) is 0 Å². The number of anilines is 1. The Bertz CT molecular complexity index is 645. The number of rotatable bonds is 3. The van der Waals surface area contributed by atoms with Gasteiger partial charge in [0.15, 0.2) is 5.84 Å². The minimum absolute atomic E-state index is 0.0231. The number of hydrogen-bond acceptors (Lipinski definition) is 5. The highest BCUT2D eigenvalue weighted by Crippen LogP contribution is 2.20. The summed E-state index contributed by atoms with van der Waals surface area (Å²) < 4.78 is 6.20. The van der Waals surface area contributed by atoms with Gasteiger partial charge in [-0.25, -0.2) is 0 Å². The third-order valence-corrected chi connectivity index (χ3v) is 2.71. The van der Waals surface area contributed by atoms with Gasteiger partial charge in [0.1, 0.15) is 5.82 Å². The third kappa shape index (κ3) is 2.38. The fraction of sp³-hybridized carbons (Fsp3) is 0.100. The molecule has 0 aliphatic rings. The molecule has 0 aliphatic carbocycles. The smallest absolute Gasteiger partial charge is 0.261 e. The van der Waals surface area contributed by atoms with E-state index in [0.717, 1.165) is 0 Å². The van der Waals surface area contributed by atoms with Crippen LogP contribution in [0.4, 0.5) is 5.82 Å². The van der Waals surface area contributed by atoms with Crippen LogP contribution in [0.15, 0.2) is 28.1 Å². The topological polar surface area (TPSA) is 119 Å². The summed E-state index contributed by atoms with van der Waals surface area (Å²) in [5.41, 5.74) is 5.95. The summed E-state index contributed by atoms with van der Waals surface area (Å²) in [5, 5.41) is 18.0. The molecule has 1 amide bonds. The van der Waals surface area contributed by atoms with Crippen LogP contribution in [0, 0.1) is 0 Å². The molecule has 4 N–H and O–H groups in total. The lowest BCUT2D eigenvalue weighted by molar-refractivity contribution is 0.102. The first kappa shape index (κ1) is 13.0. The second-order valence-corrected chi connectivity index (χ2v) is 3.92. The minimum atomic E-state index is -0.491. The lowest BCUT2D eigenvalue weighted by Crippen LogP contribution is -2.19. The van der Waals surface area contributed by atoms with Crippen molar-refractivity contribution >= 4 is 29.2 Å². The van der Waals surface area contributed by atoms with Gasteiger partial charge in [-0.1, -0.05) is 5.16 Å². The first-order valence-electron chi connectivity index (χ1n) is 5.08. The van der Waals surface area contributed by atoms with Crippen molar-refractivity contribution in [1.82, 2.24) is 9.78 Å². The van der Waals surface area contributed by atoms with Crippen molar-refractivity contribution < 1.29 is 14.4 Å². The van der Waals surface area contributed by atoms with Crippen LogP contribution in [-0.4, -0.2) is 26.7 Å². The number of nitrogens with one attached hydrogen (secondary N) is 1. The average molecular weight is 284 g/mol. The Balaban J connectivity index is 2.32. The zero-order valence-corrected chi connectivity index (χ0v) is 10.5. The van der Waals surface area contributed by atoms with Gasteiger partial charge < -0.3 is 20.7 Å². The van der Waals surface area contributed by atoms with Gasteiger partial charge in [-0.2, -0.15) is 5.10 Å². The number of carbonyl (C=O) groups excluding carboxylic acids is 1. The monoisotopic (exact) mass is 283 g/mol. The molecule has 9 heteroatoms. The van der Waals surface area contributed by atoms with Crippen molar-refractivity contribution in [2.75, 3.05) is 5.32 Å². The predicted molar refractivity (Wildman–Crippen MR) is 67.4 cm³/mol. The molecule has 0 bridgehead atoms. The van der Waals surface area contributed by atoms with Gasteiger partial charge in [0.2, 0.25) is 5.22 Å². The van der Waals surface area contributed by atoms with E-state index >= 15 is 0 Å². The van der Waals surface area contributed by atoms with Gasteiger partial charge >= 0.3 is 0 Å². The molecule has 0 spiro atoms. The van der Waals surface area contributed by atoms with Crippen molar-refractivity contribution in [2.24, 2.45) is 17.9 Å². The van der Waals surface area contributed by atoms with Gasteiger partial charge in [0.25, 0.3) is 5.91 Å². The molecule has 0 fully saturated rings. The second kappa shape index (κ2) is 5.02. The molecule has 0 saturated heterocycles. The van der Waals surface area contributed by atoms with Crippen molar-refractivity contribution in [3.8, 4) is 0 Å². The third-order valence-electron chi connectivity index (χ3n) is 2.42. The molecule has 0 aromatic carbocycles. The minimum Gasteiger partial charge on any atom is -0.452 e. The molecule has 0 radical (unpaired) electrons. The van der Waals surface area contributed by atoms with Crippen LogP contribution in [0.2, 0.25) is 5.22 Å². The maximum atomic E-state index is 12.0. The highest BCUT2D eigenvalue weighted by atomic mass is 35.5. The number of amides is 1. The molecular weight excluding hydrogens is 274 g/mol. The zero-order chi connectivity index (χ0) is 14.0. The average Bonchev–Trinajstić information content (AvgIpc) is 2.96. The number of halogens is 1. The van der Waals surface area contributed by atoms with E-state index in [4.69, 9.17) is 27.0 Å². The SMILES string of the molecule is Cn1ncc(/C(N)=N/O)c1NC(=O)c1ccoc1Cl. The molecular formula is C10H10ClN5O3. The number of hydrogen-bond donors (Lipinski definition) is 3. The van der Waals surface area contributed by atoms with Gasteiger partial charge in [-0.05, 0) is 17.7 Å². The number of furan rings is 1. The Kier molecular flexibility index (Phi) is 3.43. The Morgan fingerprint density at radius 1 is 1.63 bits per heavy atom. The van der Waals surface area contributed by atoms with Crippen LogP contribution in [0.1, 0.15) is 15.9 Å². The highest BCUT2D eigenvalue weighted by Gasteiger charge is 2.18. The van der Waals surface area contributed by atoms with Crippen molar-refractivity contribution in [3.05, 3.63) is 34.9 Å². The Morgan fingerprint density at radius 2 is 2.37 bits per heavy atom. The summed E-state index contributed by atoms with van der Waals surface area (Å²) in [4.78, 5) is 12.0. The van der Waals surface area contributed by atoms with Crippen molar-refractivity contribution in [1.29, 1.82) is 0 Å². The summed E-state index contributed by atoms with van der Waals surface area (Å²) in [6, 6.07) is 1.43. The molecule has 8 nitrogen and oxygen atoms in total. The molecule has 100 valence electrons. The first-order valence-corrected chi connectivity index (χ1v) is 5.46. The van der Waals surface area contributed by atoms with Gasteiger partial charge in [0.05, 0.1) is 23.6 Å². The van der Waals surface area contributed by atoms with Gasteiger partial charge in [0, 0.05) is 7.05 Å². The molecule has 2 aromatic rings. The van der Waals surface area contributed by atoms with E-state index in [-0.39, 0.29) is 28.0 Å². The summed E-state index contributed by atoms with van der Waals surface area (Å²) in [6.45, 7) is 0. The lowest BCUT2D eigenvalue weighted by Gasteiger charge is -2.06. The molecule has 2 heterocycles. The van der Waals surface area contributed by atoms with Crippen LogP contribution in [0.25, 0.3) is 0 Å². The maximum absolute atomic E-state index is 12.0. The Morgan fingerprint density at radius 3 is 2.95 bits per heavy atom. The number of oxime groups is 1. The molecule has 0 aliphatic heterocycles. The molecule has 0 unspecified atom stereocenters. The van der Waals surface area contributed by atoms with Crippen LogP contribution < -0.4 is 11.1 Å². The Labute approximate surface area is 112 Å². The maximum Gasteiger partial charge on any atom is 0.261 e. The number of aryl methyl sites for hydroxylation is 1. The van der Waals surface area contributed by atoms with Crippen LogP contribution >= 0.6 is 11.6 Å². The molecule has 2 aromatic heterocycles. The fourth-order valence-corrected chi connectivity index (χ4v) is 1.66. The van der Waals surface area contributed by atoms with E-state index in [9.17, 15) is 4.79 Å². The standard InChI is InChI=1S/C10H10ClN5O3/c1-16-9(6(4-13-16)8(12)15-18)14-10(17)5-2-3-19-7(5)11/h2-4,18H,1H3,(H2,12,15)(H,14,17). The predicted octanol–water partition coefficient (Wildman–Crippen LogP) is 1.01. The number of nitrogens with two attached hydrogens (primary N) is 1. The summed E-state index contributed by atoms with van der Waals surface area (Å²) in [6.07, 6.45) is 2.66. The van der Waals surface area contributed by atoms with Gasteiger partial charge in [-0.3, -0.25) is 9.48 Å². The van der Waals surface area contributed by atoms with E-state index in [2.05, 4.69) is 15.6 Å². The largest absolute Gasteiger partial charge is 0.452 e. The Hall–Kier alpha value is -2.48. The fourth-order valence-electron chi connectivity index (χ4n) is 1.46. The summed E-state index contributed by atoms with van der Waals surface area (Å²) in [7, 11) is 1.60. The number of carbonyl (C=O) groups is 1. The van der Waals surface area contributed by atoms with E-state index in [0.29, 0.717) is 0 Å². The van der Waals surface area contributed by atoms with E-state index in [1.807, 2.05) is 0 Å². The summed E-state index contributed by atoms with van der Waals surface area (Å²) >= 11 is 5.71. The normalized spacial score (nSPS) is 11.6. The molecule has 0 atom stereocenters. The van der Waals surface area contributed by atoms with Crippen LogP contribution in [-0.2, 0) is 7.05 Å². The van der Waals surface area contributed by atoms with E-state index < -0.39 is 5.91 Å². The van der Waals surface area contributed by atoms with E-state index in [1.165, 1.54) is 23.2 Å². The van der Waals surface area contributed by atoms with Crippen molar-refractivity contribution in [3.63, 3.8) is 0 Å². The number of amidine groups is 1.